The molecule has 0 bridgehead atoms. The Labute approximate surface area is 137 Å². The maximum Gasteiger partial charge on any atom is 0.322 e. The Balaban J connectivity index is 1.73. The second kappa shape index (κ2) is 6.26. The van der Waals surface area contributed by atoms with Gasteiger partial charge in [-0.2, -0.15) is 0 Å². The number of benzene rings is 1. The molecule has 3 rings (SSSR count). The normalized spacial score (nSPS) is 18.0. The fraction of sp³-hybridized carbons (Fsp3) is 0.267. The van der Waals surface area contributed by atoms with Crippen molar-refractivity contribution in [1.82, 2.24) is 4.90 Å². The zero-order valence-corrected chi connectivity index (χ0v) is 13.5. The summed E-state index contributed by atoms with van der Waals surface area (Å²) in [5.74, 6) is 0. The van der Waals surface area contributed by atoms with E-state index in [1.807, 2.05) is 16.3 Å². The molecule has 1 saturated heterocycles. The molecule has 1 fully saturated rings. The fourth-order valence-corrected chi connectivity index (χ4v) is 3.73. The van der Waals surface area contributed by atoms with E-state index in [0.29, 0.717) is 15.7 Å². The predicted octanol–water partition coefficient (Wildman–Crippen LogP) is 5.42. The molecule has 1 N–H and O–H groups in total. The molecule has 2 aromatic rings. The van der Waals surface area contributed by atoms with Crippen molar-refractivity contribution in [3.8, 4) is 0 Å². The Morgan fingerprint density at radius 1 is 1.29 bits per heavy atom. The molecular weight excluding hydrogens is 327 g/mol. The van der Waals surface area contributed by atoms with Crippen LogP contribution in [0.5, 0.6) is 0 Å². The van der Waals surface area contributed by atoms with Crippen LogP contribution < -0.4 is 5.32 Å². The first-order chi connectivity index (χ1) is 10.1. The number of rotatable bonds is 2. The van der Waals surface area contributed by atoms with Gasteiger partial charge in [-0.1, -0.05) is 29.3 Å². The first-order valence-corrected chi connectivity index (χ1v) is 8.35. The van der Waals surface area contributed by atoms with Gasteiger partial charge in [0, 0.05) is 17.1 Å². The second-order valence-electron chi connectivity index (χ2n) is 4.93. The first kappa shape index (κ1) is 14.7. The van der Waals surface area contributed by atoms with Crippen LogP contribution in [0.3, 0.4) is 0 Å². The minimum absolute atomic E-state index is 0.0933. The highest BCUT2D eigenvalue weighted by Gasteiger charge is 2.30. The Kier molecular flexibility index (Phi) is 4.38. The third-order valence-electron chi connectivity index (χ3n) is 3.56. The minimum Gasteiger partial charge on any atom is -0.317 e. The highest BCUT2D eigenvalue weighted by Crippen LogP contribution is 2.35. The molecule has 0 spiro atoms. The smallest absolute Gasteiger partial charge is 0.317 e. The Hall–Kier alpha value is -1.23. The summed E-state index contributed by atoms with van der Waals surface area (Å²) in [5, 5.41) is 5.85. The van der Waals surface area contributed by atoms with Gasteiger partial charge in [0.1, 0.15) is 0 Å². The number of carbonyl (C=O) groups is 1. The van der Waals surface area contributed by atoms with Crippen LogP contribution in [-0.4, -0.2) is 17.5 Å². The quantitative estimate of drug-likeness (QED) is 0.777. The molecular formula is C15H14Cl2N2OS. The molecule has 6 heteroatoms. The maximum absolute atomic E-state index is 12.5. The average Bonchev–Trinajstić information content (AvgIpc) is 3.12. The number of carbonyl (C=O) groups excluding carboxylic acids is 1. The number of halogens is 2. The summed E-state index contributed by atoms with van der Waals surface area (Å²) in [4.78, 5) is 15.6. The number of nitrogens with one attached hydrogen (secondary N) is 1. The van der Waals surface area contributed by atoms with E-state index in [1.165, 1.54) is 4.88 Å². The zero-order valence-electron chi connectivity index (χ0n) is 11.2. The molecule has 21 heavy (non-hydrogen) atoms. The molecule has 0 unspecified atom stereocenters. The van der Waals surface area contributed by atoms with E-state index in [0.717, 1.165) is 19.4 Å². The minimum atomic E-state index is -0.0933. The molecule has 0 saturated carbocycles. The molecule has 3 nitrogen and oxygen atoms in total. The number of amides is 2. The number of urea groups is 1. The first-order valence-electron chi connectivity index (χ1n) is 6.71. The summed E-state index contributed by atoms with van der Waals surface area (Å²) < 4.78 is 0. The van der Waals surface area contributed by atoms with Crippen molar-refractivity contribution in [3.05, 3.63) is 50.6 Å². The number of hydrogen-bond acceptors (Lipinski definition) is 2. The van der Waals surface area contributed by atoms with Gasteiger partial charge in [-0.25, -0.2) is 4.79 Å². The summed E-state index contributed by atoms with van der Waals surface area (Å²) >= 11 is 13.5. The molecule has 1 aliphatic rings. The highest BCUT2D eigenvalue weighted by atomic mass is 35.5. The van der Waals surface area contributed by atoms with Crippen LogP contribution in [0, 0.1) is 0 Å². The van der Waals surface area contributed by atoms with Crippen molar-refractivity contribution < 1.29 is 4.79 Å². The van der Waals surface area contributed by atoms with Crippen molar-refractivity contribution in [2.75, 3.05) is 11.9 Å². The molecule has 0 radical (unpaired) electrons. The molecule has 1 aromatic carbocycles. The molecule has 2 amide bonds. The van der Waals surface area contributed by atoms with Gasteiger partial charge < -0.3 is 10.2 Å². The molecule has 1 aliphatic heterocycles. The lowest BCUT2D eigenvalue weighted by molar-refractivity contribution is 0.208. The summed E-state index contributed by atoms with van der Waals surface area (Å²) in [6.07, 6.45) is 2.03. The predicted molar refractivity (Wildman–Crippen MR) is 88.5 cm³/mol. The van der Waals surface area contributed by atoms with Gasteiger partial charge in [0.25, 0.3) is 0 Å². The standard InChI is InChI=1S/C15H14Cl2N2OS/c16-11-6-5-10(9-12(11)17)18-15(20)19-7-1-3-13(19)14-4-2-8-21-14/h2,4-6,8-9,13H,1,3,7H2,(H,18,20)/t13-/m0/s1. The summed E-state index contributed by atoms with van der Waals surface area (Å²) in [6, 6.07) is 9.28. The van der Waals surface area contributed by atoms with Crippen LogP contribution >= 0.6 is 34.5 Å². The van der Waals surface area contributed by atoms with Gasteiger partial charge in [-0.15, -0.1) is 11.3 Å². The van der Waals surface area contributed by atoms with Gasteiger partial charge in [-0.05, 0) is 42.5 Å². The fourth-order valence-electron chi connectivity index (χ4n) is 2.56. The lowest BCUT2D eigenvalue weighted by Gasteiger charge is -2.24. The van der Waals surface area contributed by atoms with E-state index in [-0.39, 0.29) is 12.1 Å². The van der Waals surface area contributed by atoms with Gasteiger partial charge in [0.15, 0.2) is 0 Å². The van der Waals surface area contributed by atoms with Gasteiger partial charge in [0.2, 0.25) is 0 Å². The van der Waals surface area contributed by atoms with Gasteiger partial charge in [-0.3, -0.25) is 0 Å². The lowest BCUT2D eigenvalue weighted by Crippen LogP contribution is -2.34. The number of likely N-dealkylation sites (tertiary alicyclic amines) is 1. The molecule has 110 valence electrons. The summed E-state index contributed by atoms with van der Waals surface area (Å²) in [6.45, 7) is 0.774. The van der Waals surface area contributed by atoms with E-state index < -0.39 is 0 Å². The van der Waals surface area contributed by atoms with E-state index in [9.17, 15) is 4.79 Å². The van der Waals surface area contributed by atoms with E-state index >= 15 is 0 Å². The van der Waals surface area contributed by atoms with Crippen LogP contribution in [-0.2, 0) is 0 Å². The number of thiophene rings is 1. The third-order valence-corrected chi connectivity index (χ3v) is 5.27. The Morgan fingerprint density at radius 2 is 2.14 bits per heavy atom. The van der Waals surface area contributed by atoms with E-state index in [2.05, 4.69) is 11.4 Å². The molecule has 0 aliphatic carbocycles. The van der Waals surface area contributed by atoms with Crippen LogP contribution in [0.2, 0.25) is 10.0 Å². The summed E-state index contributed by atoms with van der Waals surface area (Å²) in [7, 11) is 0. The number of nitrogens with zero attached hydrogens (tertiary/aromatic N) is 1. The monoisotopic (exact) mass is 340 g/mol. The van der Waals surface area contributed by atoms with Gasteiger partial charge in [0.05, 0.1) is 16.1 Å². The molecule has 1 aromatic heterocycles. The Morgan fingerprint density at radius 3 is 2.86 bits per heavy atom. The SMILES string of the molecule is O=C(Nc1ccc(Cl)c(Cl)c1)N1CCC[C@H]1c1cccs1. The molecule has 1 atom stereocenters. The van der Waals surface area contributed by atoms with E-state index in [1.54, 1.807) is 29.5 Å². The highest BCUT2D eigenvalue weighted by molar-refractivity contribution is 7.10. The van der Waals surface area contributed by atoms with Crippen LogP contribution in [0.4, 0.5) is 10.5 Å². The topological polar surface area (TPSA) is 32.3 Å². The lowest BCUT2D eigenvalue weighted by atomic mass is 10.2. The van der Waals surface area contributed by atoms with Crippen LogP contribution in [0.1, 0.15) is 23.8 Å². The summed E-state index contributed by atoms with van der Waals surface area (Å²) in [5.41, 5.74) is 0.659. The van der Waals surface area contributed by atoms with Crippen molar-refractivity contribution in [1.29, 1.82) is 0 Å². The Bertz CT molecular complexity index is 645. The van der Waals surface area contributed by atoms with Crippen LogP contribution in [0.15, 0.2) is 35.7 Å². The maximum atomic E-state index is 12.5. The van der Waals surface area contributed by atoms with Crippen molar-refractivity contribution in [2.45, 2.75) is 18.9 Å². The van der Waals surface area contributed by atoms with Crippen molar-refractivity contribution >= 4 is 46.3 Å². The zero-order chi connectivity index (χ0) is 14.8. The average molecular weight is 341 g/mol. The van der Waals surface area contributed by atoms with Crippen molar-refractivity contribution in [2.24, 2.45) is 0 Å². The van der Waals surface area contributed by atoms with Crippen LogP contribution in [0.25, 0.3) is 0 Å². The number of hydrogen-bond donors (Lipinski definition) is 1. The largest absolute Gasteiger partial charge is 0.322 e. The molecule has 2 heterocycles. The second-order valence-corrected chi connectivity index (χ2v) is 6.72. The van der Waals surface area contributed by atoms with Gasteiger partial charge >= 0.3 is 6.03 Å². The number of anilines is 1. The van der Waals surface area contributed by atoms with E-state index in [4.69, 9.17) is 23.2 Å². The third kappa shape index (κ3) is 3.18. The van der Waals surface area contributed by atoms with Crippen molar-refractivity contribution in [3.63, 3.8) is 0 Å².